The van der Waals surface area contributed by atoms with Gasteiger partial charge in [-0.2, -0.15) is 0 Å². The molecule has 0 aliphatic heterocycles. The first-order valence-electron chi connectivity index (χ1n) is 10.6. The topological polar surface area (TPSA) is 98.1 Å². The van der Waals surface area contributed by atoms with E-state index >= 15 is 0 Å². The lowest BCUT2D eigenvalue weighted by atomic mass is 10.1. The van der Waals surface area contributed by atoms with Gasteiger partial charge in [0, 0.05) is 31.3 Å². The first-order valence-corrected chi connectivity index (χ1v) is 11.6. The summed E-state index contributed by atoms with van der Waals surface area (Å²) in [5.74, 6) is 1.42. The van der Waals surface area contributed by atoms with Crippen molar-refractivity contribution < 1.29 is 14.3 Å². The maximum atomic E-state index is 12.5. The number of ether oxygens (including phenoxy) is 1. The molecule has 33 heavy (non-hydrogen) atoms. The van der Waals surface area contributed by atoms with Crippen LogP contribution in [0, 0.1) is 20.8 Å². The standard InChI is InChI=1S/C24H29N5O3S/c1-15-12-16(2)22(17(3)13-15)26-21(30)14-33-24-28-27-20(29(24)4)10-11-25-23(31)18-6-8-19(32-5)9-7-18/h6-9,12-13H,10-11,14H2,1-5H3,(H,25,31)(H,26,30). The number of thioether (sulfide) groups is 1. The number of anilines is 1. The van der Waals surface area contributed by atoms with E-state index in [1.165, 1.54) is 17.3 Å². The number of benzene rings is 2. The Morgan fingerprint density at radius 2 is 1.73 bits per heavy atom. The van der Waals surface area contributed by atoms with Crippen molar-refractivity contribution in [3.8, 4) is 5.75 Å². The molecule has 0 aliphatic rings. The fourth-order valence-electron chi connectivity index (χ4n) is 3.50. The highest BCUT2D eigenvalue weighted by atomic mass is 32.2. The average Bonchev–Trinajstić information content (AvgIpc) is 3.14. The molecule has 0 radical (unpaired) electrons. The van der Waals surface area contributed by atoms with Crippen LogP contribution in [0.25, 0.3) is 0 Å². The van der Waals surface area contributed by atoms with Crippen molar-refractivity contribution in [2.24, 2.45) is 7.05 Å². The molecule has 2 amide bonds. The van der Waals surface area contributed by atoms with E-state index in [4.69, 9.17) is 4.74 Å². The first kappa shape index (κ1) is 24.3. The molecule has 9 heteroatoms. The largest absolute Gasteiger partial charge is 0.497 e. The third kappa shape index (κ3) is 6.35. The highest BCUT2D eigenvalue weighted by Crippen LogP contribution is 2.23. The van der Waals surface area contributed by atoms with Crippen molar-refractivity contribution in [1.29, 1.82) is 0 Å². The zero-order valence-electron chi connectivity index (χ0n) is 19.6. The smallest absolute Gasteiger partial charge is 0.251 e. The Hall–Kier alpha value is -3.33. The monoisotopic (exact) mass is 467 g/mol. The molecular formula is C24H29N5O3S. The van der Waals surface area contributed by atoms with Gasteiger partial charge in [-0.15, -0.1) is 10.2 Å². The molecule has 0 saturated carbocycles. The average molecular weight is 468 g/mol. The zero-order valence-corrected chi connectivity index (χ0v) is 20.4. The van der Waals surface area contributed by atoms with Gasteiger partial charge < -0.3 is 19.9 Å². The van der Waals surface area contributed by atoms with E-state index in [1.807, 2.05) is 32.4 Å². The van der Waals surface area contributed by atoms with Gasteiger partial charge in [0.05, 0.1) is 12.9 Å². The van der Waals surface area contributed by atoms with Crippen molar-refractivity contribution in [2.45, 2.75) is 32.3 Å². The normalized spacial score (nSPS) is 10.7. The number of methoxy groups -OCH3 is 1. The van der Waals surface area contributed by atoms with Crippen molar-refractivity contribution in [1.82, 2.24) is 20.1 Å². The van der Waals surface area contributed by atoms with Crippen LogP contribution in [0.1, 0.15) is 32.9 Å². The van der Waals surface area contributed by atoms with Crippen LogP contribution in [0.4, 0.5) is 5.69 Å². The summed E-state index contributed by atoms with van der Waals surface area (Å²) < 4.78 is 6.95. The summed E-state index contributed by atoms with van der Waals surface area (Å²) in [6, 6.07) is 11.0. The van der Waals surface area contributed by atoms with Gasteiger partial charge in [-0.25, -0.2) is 0 Å². The fraction of sp³-hybridized carbons (Fsp3) is 0.333. The lowest BCUT2D eigenvalue weighted by Gasteiger charge is -2.12. The van der Waals surface area contributed by atoms with Crippen LogP contribution in [0.2, 0.25) is 0 Å². The molecule has 0 unspecified atom stereocenters. The van der Waals surface area contributed by atoms with Gasteiger partial charge in [0.2, 0.25) is 5.91 Å². The maximum absolute atomic E-state index is 12.5. The number of nitrogens with one attached hydrogen (secondary N) is 2. The van der Waals surface area contributed by atoms with Crippen LogP contribution in [0.15, 0.2) is 41.6 Å². The molecule has 0 aliphatic carbocycles. The quantitative estimate of drug-likeness (QED) is 0.468. The van der Waals surface area contributed by atoms with Gasteiger partial charge in [-0.1, -0.05) is 29.5 Å². The number of carbonyl (C=O) groups is 2. The second-order valence-electron chi connectivity index (χ2n) is 7.80. The Morgan fingerprint density at radius 3 is 2.36 bits per heavy atom. The van der Waals surface area contributed by atoms with E-state index in [9.17, 15) is 9.59 Å². The summed E-state index contributed by atoms with van der Waals surface area (Å²) in [5.41, 5.74) is 4.68. The molecule has 0 fully saturated rings. The molecule has 0 saturated heterocycles. The number of aryl methyl sites for hydroxylation is 3. The lowest BCUT2D eigenvalue weighted by molar-refractivity contribution is -0.113. The molecule has 0 spiro atoms. The third-order valence-electron chi connectivity index (χ3n) is 5.19. The molecule has 1 heterocycles. The summed E-state index contributed by atoms with van der Waals surface area (Å²) >= 11 is 1.33. The Bertz CT molecular complexity index is 1120. The Balaban J connectivity index is 1.49. The van der Waals surface area contributed by atoms with Gasteiger partial charge in [-0.05, 0) is 56.2 Å². The Morgan fingerprint density at radius 1 is 1.06 bits per heavy atom. The summed E-state index contributed by atoms with van der Waals surface area (Å²) in [5, 5.41) is 14.9. The Kier molecular flexibility index (Phi) is 8.11. The van der Waals surface area contributed by atoms with Gasteiger partial charge in [0.15, 0.2) is 5.16 Å². The van der Waals surface area contributed by atoms with Crippen molar-refractivity contribution in [3.05, 3.63) is 64.5 Å². The molecule has 8 nitrogen and oxygen atoms in total. The molecule has 1 aromatic heterocycles. The predicted octanol–water partition coefficient (Wildman–Crippen LogP) is 3.45. The van der Waals surface area contributed by atoms with Crippen LogP contribution in [0.5, 0.6) is 5.75 Å². The zero-order chi connectivity index (χ0) is 24.0. The number of amides is 2. The minimum atomic E-state index is -0.159. The number of nitrogens with zero attached hydrogens (tertiary/aromatic N) is 3. The van der Waals surface area contributed by atoms with Crippen molar-refractivity contribution >= 4 is 29.3 Å². The second-order valence-corrected chi connectivity index (χ2v) is 8.75. The second kappa shape index (κ2) is 11.0. The number of carbonyl (C=O) groups excluding carboxylic acids is 2. The predicted molar refractivity (Wildman–Crippen MR) is 130 cm³/mol. The van der Waals surface area contributed by atoms with Gasteiger partial charge in [-0.3, -0.25) is 9.59 Å². The molecule has 0 atom stereocenters. The molecule has 2 N–H and O–H groups in total. The van der Waals surface area contributed by atoms with Crippen LogP contribution < -0.4 is 15.4 Å². The van der Waals surface area contributed by atoms with Gasteiger partial charge >= 0.3 is 0 Å². The number of rotatable bonds is 9. The molecule has 3 aromatic rings. The Labute approximate surface area is 198 Å². The van der Waals surface area contributed by atoms with E-state index < -0.39 is 0 Å². The first-order chi connectivity index (χ1) is 15.8. The van der Waals surface area contributed by atoms with Crippen LogP contribution in [-0.4, -0.2) is 46.0 Å². The van der Waals surface area contributed by atoms with E-state index in [0.717, 1.165) is 22.6 Å². The van der Waals surface area contributed by atoms with E-state index in [1.54, 1.807) is 31.4 Å². The number of hydrogen-bond donors (Lipinski definition) is 2. The maximum Gasteiger partial charge on any atom is 0.251 e. The minimum Gasteiger partial charge on any atom is -0.497 e. The van der Waals surface area contributed by atoms with Crippen LogP contribution >= 0.6 is 11.8 Å². The number of hydrogen-bond acceptors (Lipinski definition) is 6. The fourth-order valence-corrected chi connectivity index (χ4v) is 4.23. The molecule has 3 rings (SSSR count). The number of aromatic nitrogens is 3. The van der Waals surface area contributed by atoms with Crippen molar-refractivity contribution in [3.63, 3.8) is 0 Å². The molecular weight excluding hydrogens is 438 g/mol. The molecule has 0 bridgehead atoms. The summed E-state index contributed by atoms with van der Waals surface area (Å²) in [6.07, 6.45) is 0.528. The summed E-state index contributed by atoms with van der Waals surface area (Å²) in [4.78, 5) is 24.7. The van der Waals surface area contributed by atoms with Crippen LogP contribution in [-0.2, 0) is 18.3 Å². The van der Waals surface area contributed by atoms with E-state index in [0.29, 0.717) is 29.4 Å². The molecule has 2 aromatic carbocycles. The summed E-state index contributed by atoms with van der Waals surface area (Å²) in [7, 11) is 3.44. The highest BCUT2D eigenvalue weighted by molar-refractivity contribution is 7.99. The van der Waals surface area contributed by atoms with Crippen LogP contribution in [0.3, 0.4) is 0 Å². The lowest BCUT2D eigenvalue weighted by Crippen LogP contribution is -2.26. The third-order valence-corrected chi connectivity index (χ3v) is 6.21. The summed E-state index contributed by atoms with van der Waals surface area (Å²) in [6.45, 7) is 6.45. The van der Waals surface area contributed by atoms with E-state index in [2.05, 4.69) is 33.0 Å². The highest BCUT2D eigenvalue weighted by Gasteiger charge is 2.14. The van der Waals surface area contributed by atoms with E-state index in [-0.39, 0.29) is 17.6 Å². The van der Waals surface area contributed by atoms with Gasteiger partial charge in [0.25, 0.3) is 5.91 Å². The molecule has 174 valence electrons. The van der Waals surface area contributed by atoms with Crippen molar-refractivity contribution in [2.75, 3.05) is 24.7 Å². The minimum absolute atomic E-state index is 0.0913. The van der Waals surface area contributed by atoms with Gasteiger partial charge in [0.1, 0.15) is 11.6 Å². The SMILES string of the molecule is COc1ccc(C(=O)NCCc2nnc(SCC(=O)Nc3c(C)cc(C)cc3C)n2C)cc1.